The zero-order chi connectivity index (χ0) is 17.5. The first-order chi connectivity index (χ1) is 12.3. The number of hydrogen-bond donors (Lipinski definition) is 1. The smallest absolute Gasteiger partial charge is 0.233 e. The zero-order valence-corrected chi connectivity index (χ0v) is 16.6. The first kappa shape index (κ1) is 21.0. The van der Waals surface area contributed by atoms with Crippen molar-refractivity contribution in [2.45, 2.75) is 25.3 Å². The van der Waals surface area contributed by atoms with Crippen molar-refractivity contribution in [3.8, 4) is 0 Å². The van der Waals surface area contributed by atoms with Crippen LogP contribution in [0, 0.1) is 0 Å². The molecule has 3 heterocycles. The Hall–Kier alpha value is -1.31. The molecule has 1 atom stereocenters. The molecule has 2 aliphatic heterocycles. The summed E-state index contributed by atoms with van der Waals surface area (Å²) in [5, 5.41) is 3.35. The maximum Gasteiger partial charge on any atom is 0.233 e. The molecular formula is C18H27ClN4O2S. The first-order valence-electron chi connectivity index (χ1n) is 9.01. The van der Waals surface area contributed by atoms with Crippen LogP contribution in [0.4, 0.5) is 0 Å². The van der Waals surface area contributed by atoms with Crippen LogP contribution < -0.4 is 5.32 Å². The van der Waals surface area contributed by atoms with E-state index in [1.165, 1.54) is 18.2 Å². The predicted octanol–water partition coefficient (Wildman–Crippen LogP) is 1.72. The van der Waals surface area contributed by atoms with Gasteiger partial charge in [-0.05, 0) is 30.9 Å². The van der Waals surface area contributed by atoms with E-state index < -0.39 is 0 Å². The Kier molecular flexibility index (Phi) is 8.68. The maximum absolute atomic E-state index is 12.7. The molecule has 26 heavy (non-hydrogen) atoms. The van der Waals surface area contributed by atoms with Crippen LogP contribution in [0.5, 0.6) is 0 Å². The van der Waals surface area contributed by atoms with E-state index in [0.29, 0.717) is 18.1 Å². The van der Waals surface area contributed by atoms with Crippen molar-refractivity contribution in [2.24, 2.45) is 0 Å². The average molecular weight is 399 g/mol. The molecule has 1 unspecified atom stereocenters. The molecule has 8 heteroatoms. The number of halogens is 1. The van der Waals surface area contributed by atoms with Crippen LogP contribution in [0.2, 0.25) is 0 Å². The molecule has 0 saturated carbocycles. The summed E-state index contributed by atoms with van der Waals surface area (Å²) >= 11 is 1.44. The number of pyridine rings is 1. The van der Waals surface area contributed by atoms with Gasteiger partial charge in [0.1, 0.15) is 0 Å². The molecule has 1 N–H and O–H groups in total. The molecule has 0 spiro atoms. The maximum atomic E-state index is 12.7. The Balaban J connectivity index is 0.00000243. The molecule has 144 valence electrons. The van der Waals surface area contributed by atoms with Gasteiger partial charge in [0.25, 0.3) is 0 Å². The van der Waals surface area contributed by atoms with Gasteiger partial charge < -0.3 is 15.1 Å². The minimum Gasteiger partial charge on any atom is -0.342 e. The van der Waals surface area contributed by atoms with Gasteiger partial charge in [0.15, 0.2) is 0 Å². The van der Waals surface area contributed by atoms with Gasteiger partial charge in [-0.25, -0.2) is 0 Å². The average Bonchev–Trinajstić information content (AvgIpc) is 2.69. The Morgan fingerprint density at radius 2 is 1.92 bits per heavy atom. The van der Waals surface area contributed by atoms with E-state index in [-0.39, 0.29) is 30.3 Å². The fraction of sp³-hybridized carbons (Fsp3) is 0.611. The van der Waals surface area contributed by atoms with E-state index in [9.17, 15) is 9.59 Å². The fourth-order valence-electron chi connectivity index (χ4n) is 3.42. The van der Waals surface area contributed by atoms with Gasteiger partial charge in [-0.15, -0.1) is 24.2 Å². The minimum absolute atomic E-state index is 0. The number of nitrogens with zero attached hydrogens (tertiary/aromatic N) is 3. The van der Waals surface area contributed by atoms with Gasteiger partial charge in [0.05, 0.1) is 17.5 Å². The number of thioether (sulfide) groups is 1. The van der Waals surface area contributed by atoms with Crippen molar-refractivity contribution in [3.63, 3.8) is 0 Å². The van der Waals surface area contributed by atoms with Crippen LogP contribution in [0.1, 0.15) is 30.9 Å². The summed E-state index contributed by atoms with van der Waals surface area (Å²) in [4.78, 5) is 32.9. The van der Waals surface area contributed by atoms with Gasteiger partial charge in [-0.3, -0.25) is 14.6 Å². The third kappa shape index (κ3) is 5.59. The highest BCUT2D eigenvalue weighted by Crippen LogP contribution is 2.22. The second kappa shape index (κ2) is 10.7. The molecule has 6 nitrogen and oxygen atoms in total. The number of aromatic nitrogens is 1. The number of piperidine rings is 1. The number of hydrogen-bond acceptors (Lipinski definition) is 5. The Morgan fingerprint density at radius 1 is 1.15 bits per heavy atom. The largest absolute Gasteiger partial charge is 0.342 e. The minimum atomic E-state index is 0. The molecule has 2 aliphatic rings. The predicted molar refractivity (Wildman–Crippen MR) is 107 cm³/mol. The number of likely N-dealkylation sites (tertiary alicyclic amines) is 1. The summed E-state index contributed by atoms with van der Waals surface area (Å²) in [5.41, 5.74) is 1.05. The molecule has 3 rings (SSSR count). The van der Waals surface area contributed by atoms with Gasteiger partial charge in [0, 0.05) is 45.1 Å². The summed E-state index contributed by atoms with van der Waals surface area (Å²) in [6, 6.07) is 3.93. The van der Waals surface area contributed by atoms with Crippen LogP contribution in [-0.2, 0) is 9.59 Å². The normalized spacial score (nSPS) is 20.4. The van der Waals surface area contributed by atoms with Crippen LogP contribution in [0.15, 0.2) is 24.5 Å². The first-order valence-corrected chi connectivity index (χ1v) is 10.2. The molecule has 1 aromatic heterocycles. The molecule has 2 saturated heterocycles. The second-order valence-corrected chi connectivity index (χ2v) is 7.51. The van der Waals surface area contributed by atoms with Gasteiger partial charge in [-0.1, -0.05) is 6.07 Å². The van der Waals surface area contributed by atoms with E-state index in [4.69, 9.17) is 0 Å². The monoisotopic (exact) mass is 398 g/mol. The Morgan fingerprint density at radius 3 is 2.65 bits per heavy atom. The quantitative estimate of drug-likeness (QED) is 0.818. The highest BCUT2D eigenvalue weighted by atomic mass is 35.5. The molecule has 0 aliphatic carbocycles. The van der Waals surface area contributed by atoms with Gasteiger partial charge >= 0.3 is 0 Å². The second-order valence-electron chi connectivity index (χ2n) is 6.53. The Bertz CT molecular complexity index is 584. The van der Waals surface area contributed by atoms with Crippen molar-refractivity contribution in [3.05, 3.63) is 30.1 Å². The van der Waals surface area contributed by atoms with Crippen molar-refractivity contribution in [1.29, 1.82) is 0 Å². The third-order valence-corrected chi connectivity index (χ3v) is 5.69. The van der Waals surface area contributed by atoms with Crippen molar-refractivity contribution in [1.82, 2.24) is 20.1 Å². The lowest BCUT2D eigenvalue weighted by molar-refractivity contribution is -0.131. The number of carbonyl (C=O) groups excluding carboxylic acids is 2. The lowest BCUT2D eigenvalue weighted by atomic mass is 10.1. The van der Waals surface area contributed by atoms with Crippen LogP contribution >= 0.6 is 24.2 Å². The Labute approximate surface area is 165 Å². The molecule has 2 amide bonds. The van der Waals surface area contributed by atoms with Crippen molar-refractivity contribution in [2.75, 3.05) is 44.2 Å². The molecular weight excluding hydrogens is 372 g/mol. The standard InChI is InChI=1S/C18H26N4O2S.ClH/c23-17(21-8-2-1-3-9-21)13-25-14-18(24)22-10-7-20-12-16(22)15-5-4-6-19-11-15;/h4-6,11,16,20H,1-3,7-10,12-14H2;1H. The van der Waals surface area contributed by atoms with E-state index in [1.54, 1.807) is 6.20 Å². The number of amides is 2. The molecule has 0 radical (unpaired) electrons. The summed E-state index contributed by atoms with van der Waals surface area (Å²) < 4.78 is 0. The number of rotatable bonds is 5. The summed E-state index contributed by atoms with van der Waals surface area (Å²) in [5.74, 6) is 1.03. The highest BCUT2D eigenvalue weighted by molar-refractivity contribution is 8.00. The zero-order valence-electron chi connectivity index (χ0n) is 14.9. The van der Waals surface area contributed by atoms with E-state index in [1.807, 2.05) is 28.1 Å². The van der Waals surface area contributed by atoms with Crippen LogP contribution in [-0.4, -0.2) is 70.8 Å². The fourth-order valence-corrected chi connectivity index (χ4v) is 4.22. The summed E-state index contributed by atoms with van der Waals surface area (Å²) in [6.07, 6.45) is 6.99. The molecule has 0 aromatic carbocycles. The number of nitrogens with one attached hydrogen (secondary N) is 1. The molecule has 0 bridgehead atoms. The lowest BCUT2D eigenvalue weighted by Gasteiger charge is -2.36. The number of piperazine rings is 1. The SMILES string of the molecule is Cl.O=C(CSCC(=O)N1CCNCC1c1cccnc1)N1CCCCC1. The summed E-state index contributed by atoms with van der Waals surface area (Å²) in [7, 11) is 0. The van der Waals surface area contributed by atoms with Crippen LogP contribution in [0.25, 0.3) is 0 Å². The van der Waals surface area contributed by atoms with Gasteiger partial charge in [0.2, 0.25) is 11.8 Å². The summed E-state index contributed by atoms with van der Waals surface area (Å²) in [6.45, 7) is 3.98. The lowest BCUT2D eigenvalue weighted by Crippen LogP contribution is -2.49. The van der Waals surface area contributed by atoms with Crippen LogP contribution in [0.3, 0.4) is 0 Å². The number of carbonyl (C=O) groups is 2. The van der Waals surface area contributed by atoms with E-state index in [2.05, 4.69) is 10.3 Å². The van der Waals surface area contributed by atoms with Gasteiger partial charge in [-0.2, -0.15) is 0 Å². The van der Waals surface area contributed by atoms with Crippen molar-refractivity contribution < 1.29 is 9.59 Å². The highest BCUT2D eigenvalue weighted by Gasteiger charge is 2.28. The molecule has 1 aromatic rings. The topological polar surface area (TPSA) is 65.5 Å². The third-order valence-electron chi connectivity index (χ3n) is 4.79. The molecule has 2 fully saturated rings. The van der Waals surface area contributed by atoms with E-state index in [0.717, 1.165) is 44.6 Å². The van der Waals surface area contributed by atoms with Crippen molar-refractivity contribution >= 4 is 36.0 Å². The van der Waals surface area contributed by atoms with E-state index >= 15 is 0 Å².